The number of nitrogens with zero attached hydrogens (tertiary/aromatic N) is 2. The number of aromatic nitrogens is 2. The summed E-state index contributed by atoms with van der Waals surface area (Å²) in [6.45, 7) is 0.270. The lowest BCUT2D eigenvalue weighted by atomic mass is 10.1. The number of hydrogen-bond acceptors (Lipinski definition) is 5. The second kappa shape index (κ2) is 9.48. The van der Waals surface area contributed by atoms with Crippen molar-refractivity contribution in [3.8, 4) is 11.4 Å². The zero-order valence-electron chi connectivity index (χ0n) is 14.0. The largest absolute Gasteiger partial charge is 0.417 e. The van der Waals surface area contributed by atoms with Crippen LogP contribution in [0.4, 0.5) is 13.2 Å². The average molecular weight is 379 g/mol. The minimum absolute atomic E-state index is 0.0292. The highest BCUT2D eigenvalue weighted by atomic mass is 19.4. The van der Waals surface area contributed by atoms with Crippen molar-refractivity contribution in [2.45, 2.75) is 6.18 Å². The average Bonchev–Trinajstić information content (AvgIpc) is 3.21. The van der Waals surface area contributed by atoms with Crippen molar-refractivity contribution in [2.75, 3.05) is 13.2 Å². The number of aliphatic hydroxyl groups is 1. The number of aliphatic hydroxyl groups excluding tert-OH is 1. The Morgan fingerprint density at radius 1 is 1.07 bits per heavy atom. The van der Waals surface area contributed by atoms with Gasteiger partial charge in [0.2, 0.25) is 12.2 Å². The van der Waals surface area contributed by atoms with Gasteiger partial charge in [0.05, 0.1) is 12.2 Å². The van der Waals surface area contributed by atoms with Crippen molar-refractivity contribution in [3.63, 3.8) is 0 Å². The monoisotopic (exact) mass is 379 g/mol. The van der Waals surface area contributed by atoms with Crippen molar-refractivity contribution >= 4 is 5.91 Å². The van der Waals surface area contributed by atoms with Gasteiger partial charge >= 0.3 is 6.18 Å². The highest BCUT2D eigenvalue weighted by molar-refractivity contribution is 5.94. The molecule has 0 aliphatic heterocycles. The molecule has 0 saturated carbocycles. The number of benzene rings is 2. The molecule has 0 atom stereocenters. The number of rotatable bonds is 4. The number of carbonyl (C=O) groups excluding carboxylic acids is 1. The van der Waals surface area contributed by atoms with E-state index in [9.17, 15) is 18.0 Å². The van der Waals surface area contributed by atoms with Gasteiger partial charge in [0.15, 0.2) is 0 Å². The van der Waals surface area contributed by atoms with Gasteiger partial charge in [0.1, 0.15) is 0 Å². The lowest BCUT2D eigenvalue weighted by Crippen LogP contribution is -2.26. The van der Waals surface area contributed by atoms with Gasteiger partial charge in [-0.3, -0.25) is 4.79 Å². The second-order valence-electron chi connectivity index (χ2n) is 5.14. The van der Waals surface area contributed by atoms with Crippen LogP contribution in [0.25, 0.3) is 11.4 Å². The van der Waals surface area contributed by atoms with Crippen LogP contribution in [0, 0.1) is 0 Å². The molecule has 1 aromatic heterocycles. The van der Waals surface area contributed by atoms with Crippen molar-refractivity contribution in [3.05, 3.63) is 72.1 Å². The highest BCUT2D eigenvalue weighted by Crippen LogP contribution is 2.35. The molecule has 1 heterocycles. The second-order valence-corrected chi connectivity index (χ2v) is 5.14. The fraction of sp³-hybridized carbons (Fsp3) is 0.167. The smallest absolute Gasteiger partial charge is 0.395 e. The van der Waals surface area contributed by atoms with E-state index in [-0.39, 0.29) is 23.9 Å². The molecule has 3 rings (SSSR count). The first-order valence-electron chi connectivity index (χ1n) is 7.80. The van der Waals surface area contributed by atoms with E-state index in [1.807, 2.05) is 6.07 Å². The Hall–Kier alpha value is -3.20. The number of nitrogens with one attached hydrogen (secondary N) is 1. The first kappa shape index (κ1) is 20.1. The molecule has 2 N–H and O–H groups in total. The Balaban J connectivity index is 0.000000199. The Kier molecular flexibility index (Phi) is 7.07. The van der Waals surface area contributed by atoms with E-state index in [2.05, 4.69) is 20.0 Å². The normalized spacial score (nSPS) is 10.7. The van der Waals surface area contributed by atoms with Crippen LogP contribution in [-0.4, -0.2) is 34.3 Å². The van der Waals surface area contributed by atoms with Gasteiger partial charge in [0.25, 0.3) is 5.91 Å². The molecule has 0 fully saturated rings. The molecule has 0 bridgehead atoms. The molecule has 27 heavy (non-hydrogen) atoms. The van der Waals surface area contributed by atoms with E-state index in [0.717, 1.165) is 12.5 Å². The van der Waals surface area contributed by atoms with Gasteiger partial charge in [0, 0.05) is 17.7 Å². The number of alkyl halides is 3. The first-order valence-corrected chi connectivity index (χ1v) is 7.80. The Morgan fingerprint density at radius 3 is 2.33 bits per heavy atom. The maximum Gasteiger partial charge on any atom is 0.417 e. The lowest BCUT2D eigenvalue weighted by Gasteiger charge is -2.09. The van der Waals surface area contributed by atoms with Crippen molar-refractivity contribution in [1.29, 1.82) is 0 Å². The van der Waals surface area contributed by atoms with E-state index in [1.54, 1.807) is 24.3 Å². The van der Waals surface area contributed by atoms with Crippen LogP contribution in [0.15, 0.2) is 65.5 Å². The lowest BCUT2D eigenvalue weighted by molar-refractivity contribution is -0.137. The van der Waals surface area contributed by atoms with Crippen LogP contribution >= 0.6 is 0 Å². The Bertz CT molecular complexity index is 838. The third kappa shape index (κ3) is 5.93. The van der Waals surface area contributed by atoms with Gasteiger partial charge in [-0.15, -0.1) is 0 Å². The van der Waals surface area contributed by atoms with Crippen LogP contribution in [0.5, 0.6) is 0 Å². The predicted molar refractivity (Wildman–Crippen MR) is 90.6 cm³/mol. The summed E-state index contributed by atoms with van der Waals surface area (Å²) in [7, 11) is 0. The molecule has 0 saturated heterocycles. The number of carbonyl (C=O) groups is 1. The molecule has 2 aromatic carbocycles. The summed E-state index contributed by atoms with van der Waals surface area (Å²) < 4.78 is 42.1. The minimum atomic E-state index is -4.42. The van der Waals surface area contributed by atoms with E-state index in [0.29, 0.717) is 12.1 Å². The Labute approximate surface area is 152 Å². The van der Waals surface area contributed by atoms with E-state index < -0.39 is 11.7 Å². The number of halogens is 3. The van der Waals surface area contributed by atoms with Crippen LogP contribution < -0.4 is 5.32 Å². The van der Waals surface area contributed by atoms with Gasteiger partial charge in [-0.05, 0) is 18.2 Å². The molecule has 1 amide bonds. The minimum Gasteiger partial charge on any atom is -0.395 e. The summed E-state index contributed by atoms with van der Waals surface area (Å²) >= 11 is 0. The molecule has 0 spiro atoms. The van der Waals surface area contributed by atoms with Gasteiger partial charge in [-0.2, -0.15) is 18.2 Å². The number of amides is 1. The number of hydrogen-bond donors (Lipinski definition) is 2. The SMILES string of the molecule is FC(F)(F)c1ccccc1-c1ncon1.O=C(NCCO)c1ccccc1. The van der Waals surface area contributed by atoms with Crippen molar-refractivity contribution < 1.29 is 27.6 Å². The molecule has 142 valence electrons. The molecular weight excluding hydrogens is 363 g/mol. The van der Waals surface area contributed by atoms with Crippen LogP contribution in [0.1, 0.15) is 15.9 Å². The fourth-order valence-corrected chi connectivity index (χ4v) is 2.08. The zero-order chi connectivity index (χ0) is 19.7. The summed E-state index contributed by atoms with van der Waals surface area (Å²) in [5.41, 5.74) is -0.240. The summed E-state index contributed by atoms with van der Waals surface area (Å²) in [5, 5.41) is 14.4. The maximum atomic E-state index is 12.6. The van der Waals surface area contributed by atoms with Gasteiger partial charge in [-0.25, -0.2) is 0 Å². The quantitative estimate of drug-likeness (QED) is 0.727. The molecule has 3 aromatic rings. The summed E-state index contributed by atoms with van der Waals surface area (Å²) in [5.74, 6) is -0.215. The van der Waals surface area contributed by atoms with Gasteiger partial charge in [-0.1, -0.05) is 41.6 Å². The van der Waals surface area contributed by atoms with Crippen molar-refractivity contribution in [1.82, 2.24) is 15.5 Å². The summed E-state index contributed by atoms with van der Waals surface area (Å²) in [6, 6.07) is 14.0. The topological polar surface area (TPSA) is 88.2 Å². The van der Waals surface area contributed by atoms with E-state index in [4.69, 9.17) is 5.11 Å². The molecule has 0 unspecified atom stereocenters. The summed E-state index contributed by atoms with van der Waals surface area (Å²) in [4.78, 5) is 14.8. The molecule has 9 heteroatoms. The first-order chi connectivity index (χ1) is 12.9. The molecule has 6 nitrogen and oxygen atoms in total. The zero-order valence-corrected chi connectivity index (χ0v) is 14.0. The maximum absolute atomic E-state index is 12.6. The standard InChI is InChI=1S/C9H5F3N2O.C9H11NO2/c10-9(11,12)7-4-2-1-3-6(7)8-13-5-15-14-8;11-7-6-10-9(12)8-4-2-1-3-5-8/h1-5H;1-5,11H,6-7H2,(H,10,12). The molecule has 0 aliphatic rings. The molecule has 0 radical (unpaired) electrons. The third-order valence-corrected chi connectivity index (χ3v) is 3.27. The Morgan fingerprint density at radius 2 is 1.74 bits per heavy atom. The van der Waals surface area contributed by atoms with Gasteiger partial charge < -0.3 is 14.9 Å². The van der Waals surface area contributed by atoms with E-state index >= 15 is 0 Å². The third-order valence-electron chi connectivity index (χ3n) is 3.27. The van der Waals surface area contributed by atoms with Crippen LogP contribution in [0.2, 0.25) is 0 Å². The van der Waals surface area contributed by atoms with Crippen LogP contribution in [0.3, 0.4) is 0 Å². The molecular formula is C18H16F3N3O3. The highest BCUT2D eigenvalue weighted by Gasteiger charge is 2.34. The summed E-state index contributed by atoms with van der Waals surface area (Å²) in [6.07, 6.45) is -3.43. The molecule has 0 aliphatic carbocycles. The predicted octanol–water partition coefficient (Wildman–Crippen LogP) is 3.16. The fourth-order valence-electron chi connectivity index (χ4n) is 2.08. The van der Waals surface area contributed by atoms with E-state index in [1.165, 1.54) is 18.2 Å². The van der Waals surface area contributed by atoms with Crippen molar-refractivity contribution in [2.24, 2.45) is 0 Å². The van der Waals surface area contributed by atoms with Crippen LogP contribution in [-0.2, 0) is 6.18 Å².